The van der Waals surface area contributed by atoms with E-state index in [1.807, 2.05) is 43.3 Å². The van der Waals surface area contributed by atoms with Gasteiger partial charge in [0.05, 0.1) is 29.9 Å². The molecule has 1 amide bonds. The van der Waals surface area contributed by atoms with E-state index in [1.165, 1.54) is 57.5 Å². The number of methoxy groups -OCH3 is 1. The summed E-state index contributed by atoms with van der Waals surface area (Å²) >= 11 is 0. The summed E-state index contributed by atoms with van der Waals surface area (Å²) in [5, 5.41) is 13.5. The van der Waals surface area contributed by atoms with Gasteiger partial charge < -0.3 is 29.1 Å². The molecule has 0 atom stereocenters. The lowest BCUT2D eigenvalue weighted by Crippen LogP contribution is -2.60. The SMILES string of the molecule is COc1ccccc1-c1cc(C(=O)Nc2nc3ccc(N4CCC(N5CCC6(CC5)CN(C)C6)CC4)cc3n2C2CCC(O)CC2)cc(C)n1. The molecule has 264 valence electrons. The number of aryl methyl sites for hydroxylation is 1. The number of rotatable bonds is 7. The van der Waals surface area contributed by atoms with Crippen LogP contribution in [0.15, 0.2) is 54.6 Å². The minimum atomic E-state index is -0.273. The van der Waals surface area contributed by atoms with Gasteiger partial charge in [-0.1, -0.05) is 12.1 Å². The highest BCUT2D eigenvalue weighted by Crippen LogP contribution is 2.41. The Morgan fingerprint density at radius 3 is 2.36 bits per heavy atom. The number of fused-ring (bicyclic) bond motifs is 1. The van der Waals surface area contributed by atoms with Crippen molar-refractivity contribution >= 4 is 28.6 Å². The number of piperidine rings is 2. The summed E-state index contributed by atoms with van der Waals surface area (Å²) < 4.78 is 7.81. The Morgan fingerprint density at radius 1 is 0.900 bits per heavy atom. The van der Waals surface area contributed by atoms with Crippen molar-refractivity contribution in [2.45, 2.75) is 76.5 Å². The second-order valence-corrected chi connectivity index (χ2v) is 15.4. The number of benzene rings is 2. The first-order chi connectivity index (χ1) is 24.3. The number of carbonyl (C=O) groups excluding carboxylic acids is 1. The fourth-order valence-electron chi connectivity index (χ4n) is 9.29. The second-order valence-electron chi connectivity index (χ2n) is 15.4. The lowest BCUT2D eigenvalue weighted by atomic mass is 9.72. The molecule has 0 unspecified atom stereocenters. The van der Waals surface area contributed by atoms with Crippen LogP contribution in [-0.2, 0) is 0 Å². The van der Waals surface area contributed by atoms with E-state index >= 15 is 0 Å². The lowest BCUT2D eigenvalue weighted by Gasteiger charge is -2.54. The fraction of sp³-hybridized carbons (Fsp3) is 0.525. The Balaban J connectivity index is 1.03. The number of imidazole rings is 1. The van der Waals surface area contributed by atoms with Gasteiger partial charge in [-0.2, -0.15) is 0 Å². The van der Waals surface area contributed by atoms with Gasteiger partial charge in [-0.25, -0.2) is 4.98 Å². The van der Waals surface area contributed by atoms with Crippen molar-refractivity contribution < 1.29 is 14.6 Å². The molecule has 4 fully saturated rings. The smallest absolute Gasteiger partial charge is 0.258 e. The molecule has 0 bridgehead atoms. The third-order valence-electron chi connectivity index (χ3n) is 11.9. The number of carbonyl (C=O) groups is 1. The summed E-state index contributed by atoms with van der Waals surface area (Å²) in [6.45, 7) is 9.04. The predicted molar refractivity (Wildman–Crippen MR) is 198 cm³/mol. The Kier molecular flexibility index (Phi) is 9.03. The standard InChI is InChI=1S/C40H51N7O3/c1-27-22-28(23-35(41-27)33-6-4-5-7-37(33)50-3)38(49)43-39-42-34-13-10-31(24-36(34)47(39)30-8-11-32(48)12-9-30)45-18-14-29(15-19-45)46-20-16-40(17-21-46)25-44(2)26-40/h4-7,10,13,22-24,29-30,32,48H,8-9,11-12,14-21,25-26H2,1-3H3,(H,42,43,49). The largest absolute Gasteiger partial charge is 0.496 e. The molecule has 10 heteroatoms. The van der Waals surface area contributed by atoms with Gasteiger partial charge in [0.2, 0.25) is 5.95 Å². The number of aromatic nitrogens is 3. The number of aliphatic hydroxyl groups excluding tert-OH is 1. The molecule has 1 saturated carbocycles. The molecule has 50 heavy (non-hydrogen) atoms. The van der Waals surface area contributed by atoms with Gasteiger partial charge >= 0.3 is 0 Å². The van der Waals surface area contributed by atoms with Crippen molar-refractivity contribution in [1.82, 2.24) is 24.3 Å². The quantitative estimate of drug-likeness (QED) is 0.241. The first-order valence-corrected chi connectivity index (χ1v) is 18.6. The lowest BCUT2D eigenvalue weighted by molar-refractivity contribution is -0.0419. The summed E-state index contributed by atoms with van der Waals surface area (Å²) in [7, 11) is 3.89. The van der Waals surface area contributed by atoms with Crippen LogP contribution < -0.4 is 15.0 Å². The number of nitrogens with zero attached hydrogens (tertiary/aromatic N) is 6. The van der Waals surface area contributed by atoms with Gasteiger partial charge in [0.15, 0.2) is 0 Å². The van der Waals surface area contributed by atoms with Gasteiger partial charge in [-0.3, -0.25) is 15.1 Å². The van der Waals surface area contributed by atoms with E-state index in [0.29, 0.717) is 34.4 Å². The molecule has 1 spiro atoms. The number of anilines is 2. The third kappa shape index (κ3) is 6.49. The average molecular weight is 678 g/mol. The predicted octanol–water partition coefficient (Wildman–Crippen LogP) is 6.14. The number of aliphatic hydroxyl groups is 1. The van der Waals surface area contributed by atoms with E-state index in [4.69, 9.17) is 14.7 Å². The summed E-state index contributed by atoms with van der Waals surface area (Å²) in [5.74, 6) is 1.03. The van der Waals surface area contributed by atoms with Crippen LogP contribution in [0.4, 0.5) is 11.6 Å². The van der Waals surface area contributed by atoms with E-state index in [0.717, 1.165) is 61.1 Å². The summed E-state index contributed by atoms with van der Waals surface area (Å²) in [6, 6.07) is 18.7. The average Bonchev–Trinajstić information content (AvgIpc) is 3.48. The Bertz CT molecular complexity index is 1840. The molecule has 0 radical (unpaired) electrons. The Hall–Kier alpha value is -3.99. The van der Waals surface area contributed by atoms with Crippen LogP contribution in [0, 0.1) is 12.3 Å². The van der Waals surface area contributed by atoms with E-state index < -0.39 is 0 Å². The number of para-hydroxylation sites is 1. The molecule has 2 aromatic heterocycles. The van der Waals surface area contributed by atoms with Gasteiger partial charge in [-0.05, 0) is 126 Å². The van der Waals surface area contributed by atoms with Gasteiger partial charge in [0.25, 0.3) is 5.91 Å². The van der Waals surface area contributed by atoms with Crippen LogP contribution in [0.3, 0.4) is 0 Å². The highest BCUT2D eigenvalue weighted by atomic mass is 16.5. The van der Waals surface area contributed by atoms with Crippen LogP contribution in [0.25, 0.3) is 22.3 Å². The molecule has 4 aromatic rings. The first-order valence-electron chi connectivity index (χ1n) is 18.6. The summed E-state index contributed by atoms with van der Waals surface area (Å²) in [5.41, 5.74) is 6.50. The van der Waals surface area contributed by atoms with Crippen molar-refractivity contribution in [3.05, 3.63) is 65.9 Å². The minimum absolute atomic E-state index is 0.140. The molecular formula is C40H51N7O3. The maximum Gasteiger partial charge on any atom is 0.258 e. The Labute approximate surface area is 295 Å². The number of pyridine rings is 1. The molecule has 8 rings (SSSR count). The zero-order valence-electron chi connectivity index (χ0n) is 29.8. The van der Waals surface area contributed by atoms with Crippen molar-refractivity contribution in [3.8, 4) is 17.0 Å². The van der Waals surface area contributed by atoms with Crippen LogP contribution in [0.1, 0.15) is 73.5 Å². The topological polar surface area (TPSA) is 99.0 Å². The molecule has 10 nitrogen and oxygen atoms in total. The van der Waals surface area contributed by atoms with Crippen LogP contribution in [0.5, 0.6) is 5.75 Å². The number of nitrogens with one attached hydrogen (secondary N) is 1. The number of hydrogen-bond acceptors (Lipinski definition) is 8. The molecule has 3 saturated heterocycles. The highest BCUT2D eigenvalue weighted by Gasteiger charge is 2.44. The number of ether oxygens (including phenoxy) is 1. The fourth-order valence-corrected chi connectivity index (χ4v) is 9.29. The number of likely N-dealkylation sites (tertiary alicyclic amines) is 2. The molecule has 1 aliphatic carbocycles. The van der Waals surface area contributed by atoms with Crippen molar-refractivity contribution in [1.29, 1.82) is 0 Å². The van der Waals surface area contributed by atoms with Crippen LogP contribution >= 0.6 is 0 Å². The molecular weight excluding hydrogens is 626 g/mol. The molecule has 3 aliphatic heterocycles. The highest BCUT2D eigenvalue weighted by molar-refractivity contribution is 6.05. The summed E-state index contributed by atoms with van der Waals surface area (Å²) in [4.78, 5) is 31.4. The van der Waals surface area contributed by atoms with Crippen molar-refractivity contribution in [2.24, 2.45) is 5.41 Å². The number of amides is 1. The van der Waals surface area contributed by atoms with E-state index in [9.17, 15) is 9.90 Å². The van der Waals surface area contributed by atoms with E-state index in [1.54, 1.807) is 7.11 Å². The van der Waals surface area contributed by atoms with Gasteiger partial charge in [0, 0.05) is 60.8 Å². The van der Waals surface area contributed by atoms with E-state index in [2.05, 4.69) is 49.8 Å². The normalized spacial score (nSPS) is 23.2. The first kappa shape index (κ1) is 33.2. The maximum absolute atomic E-state index is 13.9. The maximum atomic E-state index is 13.9. The summed E-state index contributed by atoms with van der Waals surface area (Å²) in [6.07, 6.45) is 7.95. The van der Waals surface area contributed by atoms with Crippen molar-refractivity contribution in [2.75, 3.05) is 63.6 Å². The zero-order chi connectivity index (χ0) is 34.4. The monoisotopic (exact) mass is 677 g/mol. The van der Waals surface area contributed by atoms with Crippen LogP contribution in [-0.4, -0.2) is 101 Å². The second kappa shape index (κ2) is 13.6. The minimum Gasteiger partial charge on any atom is -0.496 e. The van der Waals surface area contributed by atoms with Gasteiger partial charge in [-0.15, -0.1) is 0 Å². The Morgan fingerprint density at radius 2 is 1.64 bits per heavy atom. The number of hydrogen-bond donors (Lipinski definition) is 2. The van der Waals surface area contributed by atoms with Crippen LogP contribution in [0.2, 0.25) is 0 Å². The van der Waals surface area contributed by atoms with E-state index in [-0.39, 0.29) is 18.1 Å². The third-order valence-corrected chi connectivity index (χ3v) is 11.9. The van der Waals surface area contributed by atoms with Gasteiger partial charge in [0.1, 0.15) is 5.75 Å². The molecule has 2 N–H and O–H groups in total. The molecule has 2 aromatic carbocycles. The van der Waals surface area contributed by atoms with Crippen molar-refractivity contribution in [3.63, 3.8) is 0 Å². The molecule has 4 aliphatic rings. The zero-order valence-corrected chi connectivity index (χ0v) is 29.8. The molecule has 5 heterocycles.